The van der Waals surface area contributed by atoms with Crippen molar-refractivity contribution in [2.24, 2.45) is 10.7 Å². The smallest absolute Gasteiger partial charge is 0.246 e. The van der Waals surface area contributed by atoms with Crippen molar-refractivity contribution in [3.8, 4) is 0 Å². The average molecular weight is 366 g/mol. The fourth-order valence-corrected chi connectivity index (χ4v) is 2.94. The third-order valence-electron chi connectivity index (χ3n) is 4.50. The molecule has 2 atom stereocenters. The molecule has 142 valence electrons. The maximum absolute atomic E-state index is 11.3. The molecule has 0 bridgehead atoms. The zero-order valence-electron chi connectivity index (χ0n) is 15.5. The summed E-state index contributed by atoms with van der Waals surface area (Å²) in [5.41, 5.74) is 8.64. The number of nitrogens with zero attached hydrogens (tertiary/aromatic N) is 1. The Morgan fingerprint density at radius 1 is 1.15 bits per heavy atom. The van der Waals surface area contributed by atoms with Crippen LogP contribution < -0.4 is 16.4 Å². The standard InChI is InChI=1S/C21H26N4O2/c1-15-7-9-16(10-8-15)13-23-21(25-17-5-3-2-4-6-17)24-14-18-11-12-19(27-18)20(22)26/h2-10,18-19H,11-14H2,1H3,(H2,22,26)(H2,23,24,25). The number of carbonyl (C=O) groups is 1. The highest BCUT2D eigenvalue weighted by atomic mass is 16.5. The van der Waals surface area contributed by atoms with Gasteiger partial charge in [-0.25, -0.2) is 4.99 Å². The molecule has 0 aromatic heterocycles. The first-order valence-corrected chi connectivity index (χ1v) is 9.21. The summed E-state index contributed by atoms with van der Waals surface area (Å²) in [6, 6.07) is 18.2. The van der Waals surface area contributed by atoms with Crippen molar-refractivity contribution >= 4 is 17.6 Å². The van der Waals surface area contributed by atoms with Crippen molar-refractivity contribution in [2.45, 2.75) is 38.5 Å². The van der Waals surface area contributed by atoms with E-state index < -0.39 is 12.0 Å². The Bertz CT molecular complexity index is 775. The van der Waals surface area contributed by atoms with E-state index in [0.29, 0.717) is 25.5 Å². The van der Waals surface area contributed by atoms with E-state index >= 15 is 0 Å². The van der Waals surface area contributed by atoms with E-state index in [9.17, 15) is 4.79 Å². The number of para-hydroxylation sites is 1. The Balaban J connectivity index is 1.63. The lowest BCUT2D eigenvalue weighted by atomic mass is 10.1. The Morgan fingerprint density at radius 3 is 2.56 bits per heavy atom. The number of guanidine groups is 1. The molecule has 6 heteroatoms. The normalized spacial score (nSPS) is 19.7. The van der Waals surface area contributed by atoms with Crippen LogP contribution in [0.2, 0.25) is 0 Å². The van der Waals surface area contributed by atoms with Crippen LogP contribution in [0.5, 0.6) is 0 Å². The van der Waals surface area contributed by atoms with Crippen LogP contribution >= 0.6 is 0 Å². The number of benzene rings is 2. The summed E-state index contributed by atoms with van der Waals surface area (Å²) in [5, 5.41) is 6.62. The minimum absolute atomic E-state index is 0.0513. The number of carbonyl (C=O) groups excluding carboxylic acids is 1. The third-order valence-corrected chi connectivity index (χ3v) is 4.50. The molecule has 1 amide bonds. The number of hydrogen-bond acceptors (Lipinski definition) is 3. The number of aryl methyl sites for hydroxylation is 1. The Kier molecular flexibility index (Phi) is 6.44. The van der Waals surface area contributed by atoms with Crippen LogP contribution in [-0.2, 0) is 16.1 Å². The largest absolute Gasteiger partial charge is 0.367 e. The fourth-order valence-electron chi connectivity index (χ4n) is 2.94. The predicted molar refractivity (Wildman–Crippen MR) is 107 cm³/mol. The first-order chi connectivity index (χ1) is 13.1. The van der Waals surface area contributed by atoms with Crippen LogP contribution in [0.1, 0.15) is 24.0 Å². The van der Waals surface area contributed by atoms with Crippen LogP contribution in [0.25, 0.3) is 0 Å². The number of hydrogen-bond donors (Lipinski definition) is 3. The summed E-state index contributed by atoms with van der Waals surface area (Å²) in [4.78, 5) is 15.9. The SMILES string of the molecule is Cc1ccc(CN=C(NCC2CCC(C(N)=O)O2)Nc2ccccc2)cc1. The topological polar surface area (TPSA) is 88.7 Å². The minimum Gasteiger partial charge on any atom is -0.367 e. The summed E-state index contributed by atoms with van der Waals surface area (Å²) in [5.74, 6) is 0.279. The van der Waals surface area contributed by atoms with Gasteiger partial charge in [-0.3, -0.25) is 4.79 Å². The lowest BCUT2D eigenvalue weighted by Crippen LogP contribution is -2.37. The lowest BCUT2D eigenvalue weighted by molar-refractivity contribution is -0.128. The van der Waals surface area contributed by atoms with Crippen molar-refractivity contribution in [3.05, 3.63) is 65.7 Å². The Labute approximate surface area is 159 Å². The molecule has 1 fully saturated rings. The highest BCUT2D eigenvalue weighted by Crippen LogP contribution is 2.18. The number of nitrogens with one attached hydrogen (secondary N) is 2. The monoisotopic (exact) mass is 366 g/mol. The van der Waals surface area contributed by atoms with Gasteiger partial charge >= 0.3 is 0 Å². The Morgan fingerprint density at radius 2 is 1.89 bits per heavy atom. The van der Waals surface area contributed by atoms with Gasteiger partial charge < -0.3 is 21.1 Å². The van der Waals surface area contributed by atoms with E-state index in [-0.39, 0.29) is 6.10 Å². The van der Waals surface area contributed by atoms with Crippen molar-refractivity contribution in [1.29, 1.82) is 0 Å². The van der Waals surface area contributed by atoms with E-state index in [2.05, 4.69) is 46.8 Å². The molecular weight excluding hydrogens is 340 g/mol. The molecule has 1 saturated heterocycles. The first kappa shape index (κ1) is 18.9. The summed E-state index contributed by atoms with van der Waals surface area (Å²) >= 11 is 0. The van der Waals surface area contributed by atoms with Gasteiger partial charge in [-0.05, 0) is 37.5 Å². The van der Waals surface area contributed by atoms with Crippen molar-refractivity contribution < 1.29 is 9.53 Å². The number of rotatable bonds is 6. The summed E-state index contributed by atoms with van der Waals surface area (Å²) in [6.45, 7) is 3.20. The van der Waals surface area contributed by atoms with E-state index in [1.165, 1.54) is 5.56 Å². The highest BCUT2D eigenvalue weighted by molar-refractivity contribution is 5.93. The molecule has 27 heavy (non-hydrogen) atoms. The van der Waals surface area contributed by atoms with Crippen molar-refractivity contribution in [1.82, 2.24) is 5.32 Å². The zero-order valence-corrected chi connectivity index (χ0v) is 15.5. The summed E-state index contributed by atoms with van der Waals surface area (Å²) in [6.07, 6.45) is 0.942. The van der Waals surface area contributed by atoms with Crippen LogP contribution in [0, 0.1) is 6.92 Å². The average Bonchev–Trinajstić information content (AvgIpc) is 3.15. The molecule has 2 unspecified atom stereocenters. The number of ether oxygens (including phenoxy) is 1. The molecule has 2 aromatic rings. The number of anilines is 1. The van der Waals surface area contributed by atoms with E-state index in [0.717, 1.165) is 17.7 Å². The number of nitrogens with two attached hydrogens (primary N) is 1. The molecule has 1 heterocycles. The molecule has 3 rings (SSSR count). The molecule has 0 aliphatic carbocycles. The second-order valence-corrected chi connectivity index (χ2v) is 6.75. The van der Waals surface area contributed by atoms with Crippen LogP contribution in [0.3, 0.4) is 0 Å². The van der Waals surface area contributed by atoms with Crippen LogP contribution in [0.4, 0.5) is 5.69 Å². The molecule has 6 nitrogen and oxygen atoms in total. The van der Waals surface area contributed by atoms with Gasteiger partial charge in [-0.1, -0.05) is 48.0 Å². The van der Waals surface area contributed by atoms with Gasteiger partial charge in [0.2, 0.25) is 5.91 Å². The number of primary amides is 1. The molecule has 1 aliphatic heterocycles. The van der Waals surface area contributed by atoms with Crippen molar-refractivity contribution in [2.75, 3.05) is 11.9 Å². The quantitative estimate of drug-likeness (QED) is 0.542. The second kappa shape index (κ2) is 9.19. The molecule has 4 N–H and O–H groups in total. The summed E-state index contributed by atoms with van der Waals surface area (Å²) in [7, 11) is 0. The van der Waals surface area contributed by atoms with Gasteiger partial charge in [0.15, 0.2) is 5.96 Å². The van der Waals surface area contributed by atoms with Gasteiger partial charge in [0.1, 0.15) is 6.10 Å². The molecule has 1 aliphatic rings. The van der Waals surface area contributed by atoms with Gasteiger partial charge in [-0.2, -0.15) is 0 Å². The zero-order chi connectivity index (χ0) is 19.1. The molecular formula is C21H26N4O2. The number of aliphatic imine (C=N–C) groups is 1. The minimum atomic E-state index is -0.480. The summed E-state index contributed by atoms with van der Waals surface area (Å²) < 4.78 is 5.68. The first-order valence-electron chi connectivity index (χ1n) is 9.21. The van der Waals surface area contributed by atoms with E-state index in [1.807, 2.05) is 30.3 Å². The van der Waals surface area contributed by atoms with Crippen LogP contribution in [-0.4, -0.2) is 30.6 Å². The van der Waals surface area contributed by atoms with Gasteiger partial charge in [0.05, 0.1) is 12.6 Å². The van der Waals surface area contributed by atoms with Crippen LogP contribution in [0.15, 0.2) is 59.6 Å². The van der Waals surface area contributed by atoms with E-state index in [1.54, 1.807) is 0 Å². The maximum Gasteiger partial charge on any atom is 0.246 e. The number of amides is 1. The second-order valence-electron chi connectivity index (χ2n) is 6.75. The fraction of sp³-hybridized carbons (Fsp3) is 0.333. The lowest BCUT2D eigenvalue weighted by Gasteiger charge is -2.16. The van der Waals surface area contributed by atoms with Crippen molar-refractivity contribution in [3.63, 3.8) is 0 Å². The highest BCUT2D eigenvalue weighted by Gasteiger charge is 2.29. The third kappa shape index (κ3) is 5.82. The van der Waals surface area contributed by atoms with Gasteiger partial charge in [0.25, 0.3) is 0 Å². The molecule has 2 aromatic carbocycles. The Hall–Kier alpha value is -2.86. The molecule has 0 radical (unpaired) electrons. The van der Waals surface area contributed by atoms with Gasteiger partial charge in [-0.15, -0.1) is 0 Å². The molecule has 0 saturated carbocycles. The molecule has 0 spiro atoms. The maximum atomic E-state index is 11.3. The predicted octanol–water partition coefficient (Wildman–Crippen LogP) is 2.59. The van der Waals surface area contributed by atoms with E-state index in [4.69, 9.17) is 10.5 Å². The van der Waals surface area contributed by atoms with Gasteiger partial charge in [0, 0.05) is 12.2 Å².